The van der Waals surface area contributed by atoms with Gasteiger partial charge in [0.15, 0.2) is 0 Å². The first-order valence-electron chi connectivity index (χ1n) is 8.35. The first-order chi connectivity index (χ1) is 11.6. The molecule has 24 heavy (non-hydrogen) atoms. The van der Waals surface area contributed by atoms with Crippen LogP contribution >= 0.6 is 0 Å². The first-order valence-corrected chi connectivity index (χ1v) is 8.35. The minimum atomic E-state index is -0.295. The zero-order valence-electron chi connectivity index (χ0n) is 14.4. The number of ether oxygens (including phenoxy) is 2. The molecule has 1 amide bonds. The number of rotatable bonds is 7. The van der Waals surface area contributed by atoms with Crippen LogP contribution in [0.2, 0.25) is 0 Å². The largest absolute Gasteiger partial charge is 0.497 e. The van der Waals surface area contributed by atoms with Gasteiger partial charge in [0, 0.05) is 6.54 Å². The van der Waals surface area contributed by atoms with E-state index < -0.39 is 0 Å². The van der Waals surface area contributed by atoms with Crippen LogP contribution in [0.4, 0.5) is 0 Å². The summed E-state index contributed by atoms with van der Waals surface area (Å²) in [4.78, 5) is 25.9. The van der Waals surface area contributed by atoms with Gasteiger partial charge in [-0.1, -0.05) is 18.6 Å². The summed E-state index contributed by atoms with van der Waals surface area (Å²) in [6.45, 7) is 1.57. The molecule has 1 aromatic rings. The van der Waals surface area contributed by atoms with E-state index in [-0.39, 0.29) is 24.5 Å². The quantitative estimate of drug-likeness (QED) is 0.763. The van der Waals surface area contributed by atoms with Gasteiger partial charge in [0.25, 0.3) is 0 Å². The van der Waals surface area contributed by atoms with Crippen LogP contribution in [0.15, 0.2) is 24.3 Å². The molecule has 0 aliphatic carbocycles. The molecule has 0 spiro atoms. The highest BCUT2D eigenvalue weighted by Crippen LogP contribution is 2.17. The van der Waals surface area contributed by atoms with Gasteiger partial charge in [0.2, 0.25) is 5.91 Å². The second-order valence-electron chi connectivity index (χ2n) is 5.95. The summed E-state index contributed by atoms with van der Waals surface area (Å²) in [5.74, 6) is 0.516. The first kappa shape index (κ1) is 18.3. The Morgan fingerprint density at radius 2 is 1.96 bits per heavy atom. The fourth-order valence-corrected chi connectivity index (χ4v) is 2.96. The summed E-state index contributed by atoms with van der Waals surface area (Å²) in [6.07, 6.45) is 3.52. The molecule has 1 fully saturated rings. The van der Waals surface area contributed by atoms with Crippen molar-refractivity contribution in [2.45, 2.75) is 31.7 Å². The molecule has 1 N–H and O–H groups in total. The van der Waals surface area contributed by atoms with Gasteiger partial charge in [-0.2, -0.15) is 0 Å². The van der Waals surface area contributed by atoms with E-state index in [1.807, 2.05) is 29.2 Å². The maximum Gasteiger partial charge on any atom is 0.323 e. The highest BCUT2D eigenvalue weighted by atomic mass is 16.5. The molecule has 2 rings (SSSR count). The normalized spacial score (nSPS) is 18.0. The smallest absolute Gasteiger partial charge is 0.323 e. The van der Waals surface area contributed by atoms with E-state index in [4.69, 9.17) is 9.47 Å². The lowest BCUT2D eigenvalue weighted by molar-refractivity contribution is -0.148. The van der Waals surface area contributed by atoms with Crippen molar-refractivity contribution in [2.24, 2.45) is 0 Å². The van der Waals surface area contributed by atoms with Gasteiger partial charge in [0.05, 0.1) is 20.8 Å². The third kappa shape index (κ3) is 5.23. The molecular formula is C18H26N2O4. The van der Waals surface area contributed by atoms with Crippen LogP contribution in [0, 0.1) is 0 Å². The molecule has 6 nitrogen and oxygen atoms in total. The van der Waals surface area contributed by atoms with Gasteiger partial charge in [-0.05, 0) is 43.5 Å². The van der Waals surface area contributed by atoms with Gasteiger partial charge in [0.1, 0.15) is 11.8 Å². The van der Waals surface area contributed by atoms with Crippen LogP contribution in [0.5, 0.6) is 5.75 Å². The molecule has 1 heterocycles. The number of likely N-dealkylation sites (tertiary alicyclic amines) is 1. The molecule has 1 aliphatic heterocycles. The minimum absolute atomic E-state index is 0.0562. The lowest BCUT2D eigenvalue weighted by atomic mass is 10.0. The van der Waals surface area contributed by atoms with E-state index in [2.05, 4.69) is 5.32 Å². The number of piperidine rings is 1. The van der Waals surface area contributed by atoms with Crippen molar-refractivity contribution in [3.8, 4) is 5.75 Å². The third-order valence-corrected chi connectivity index (χ3v) is 4.33. The van der Waals surface area contributed by atoms with Crippen molar-refractivity contribution in [3.05, 3.63) is 29.8 Å². The number of carbonyl (C=O) groups is 2. The maximum absolute atomic E-state index is 12.1. The number of nitrogens with one attached hydrogen (secondary N) is 1. The third-order valence-electron chi connectivity index (χ3n) is 4.33. The fourth-order valence-electron chi connectivity index (χ4n) is 2.96. The summed E-state index contributed by atoms with van der Waals surface area (Å²) in [5.41, 5.74) is 1.14. The topological polar surface area (TPSA) is 67.9 Å². The Bertz CT molecular complexity index is 544. The number of amides is 1. The Morgan fingerprint density at radius 1 is 1.21 bits per heavy atom. The number of hydrogen-bond acceptors (Lipinski definition) is 5. The number of methoxy groups -OCH3 is 2. The highest BCUT2D eigenvalue weighted by Gasteiger charge is 2.30. The number of carbonyl (C=O) groups excluding carboxylic acids is 2. The van der Waals surface area contributed by atoms with E-state index >= 15 is 0 Å². The molecule has 0 unspecified atom stereocenters. The van der Waals surface area contributed by atoms with Crippen molar-refractivity contribution in [3.63, 3.8) is 0 Å². The van der Waals surface area contributed by atoms with E-state index in [0.717, 1.165) is 43.5 Å². The Hall–Kier alpha value is -2.08. The summed E-state index contributed by atoms with van der Waals surface area (Å²) in [5, 5.41) is 2.92. The number of hydrogen-bond donors (Lipinski definition) is 1. The molecular weight excluding hydrogens is 308 g/mol. The van der Waals surface area contributed by atoms with Crippen molar-refractivity contribution in [1.82, 2.24) is 10.2 Å². The van der Waals surface area contributed by atoms with Gasteiger partial charge in [-0.3, -0.25) is 14.5 Å². The van der Waals surface area contributed by atoms with Crippen LogP contribution in [0.3, 0.4) is 0 Å². The molecule has 132 valence electrons. The lowest BCUT2D eigenvalue weighted by Crippen LogP contribution is -2.49. The molecule has 0 saturated carbocycles. The molecule has 0 radical (unpaired) electrons. The Balaban J connectivity index is 1.76. The van der Waals surface area contributed by atoms with Crippen LogP contribution in [-0.4, -0.2) is 56.7 Å². The average molecular weight is 334 g/mol. The molecule has 1 aliphatic rings. The molecule has 1 saturated heterocycles. The van der Waals surface area contributed by atoms with E-state index in [0.29, 0.717) is 6.54 Å². The maximum atomic E-state index is 12.1. The SMILES string of the molecule is COC(=O)[C@@H]1CCCCN1CC(=O)NCCc1ccc(OC)cc1. The second kappa shape index (κ2) is 9.27. The van der Waals surface area contributed by atoms with Gasteiger partial charge in [-0.25, -0.2) is 0 Å². The zero-order valence-corrected chi connectivity index (χ0v) is 14.4. The monoisotopic (exact) mass is 334 g/mol. The summed E-state index contributed by atoms with van der Waals surface area (Å²) < 4.78 is 9.96. The predicted octanol–water partition coefficient (Wildman–Crippen LogP) is 1.38. The Labute approximate surface area is 143 Å². The van der Waals surface area contributed by atoms with Crippen molar-refractivity contribution in [1.29, 1.82) is 0 Å². The van der Waals surface area contributed by atoms with E-state index in [9.17, 15) is 9.59 Å². The summed E-state index contributed by atoms with van der Waals surface area (Å²) in [7, 11) is 3.03. The van der Waals surface area contributed by atoms with Crippen molar-refractivity contribution >= 4 is 11.9 Å². The van der Waals surface area contributed by atoms with Crippen LogP contribution in [0.25, 0.3) is 0 Å². The van der Waals surface area contributed by atoms with Crippen molar-refractivity contribution in [2.75, 3.05) is 33.9 Å². The van der Waals surface area contributed by atoms with E-state index in [1.54, 1.807) is 7.11 Å². The minimum Gasteiger partial charge on any atom is -0.497 e. The molecule has 1 atom stereocenters. The molecule has 0 bridgehead atoms. The van der Waals surface area contributed by atoms with Gasteiger partial charge in [-0.15, -0.1) is 0 Å². The van der Waals surface area contributed by atoms with Gasteiger partial charge < -0.3 is 14.8 Å². The fraction of sp³-hybridized carbons (Fsp3) is 0.556. The Morgan fingerprint density at radius 3 is 2.62 bits per heavy atom. The molecule has 0 aromatic heterocycles. The number of esters is 1. The summed E-state index contributed by atoms with van der Waals surface area (Å²) >= 11 is 0. The highest BCUT2D eigenvalue weighted by molar-refractivity contribution is 5.80. The lowest BCUT2D eigenvalue weighted by Gasteiger charge is -2.32. The summed E-state index contributed by atoms with van der Waals surface area (Å²) in [6, 6.07) is 7.50. The average Bonchev–Trinajstić information content (AvgIpc) is 2.62. The number of nitrogens with zero attached hydrogens (tertiary/aromatic N) is 1. The predicted molar refractivity (Wildman–Crippen MR) is 90.9 cm³/mol. The Kier molecular flexibility index (Phi) is 7.06. The zero-order chi connectivity index (χ0) is 17.4. The number of benzene rings is 1. The second-order valence-corrected chi connectivity index (χ2v) is 5.95. The standard InChI is InChI=1S/C18H26N2O4/c1-23-15-8-6-14(7-9-15)10-11-19-17(21)13-20-12-4-3-5-16(20)18(22)24-2/h6-9,16H,3-5,10-13H2,1-2H3,(H,19,21)/t16-/m0/s1. The van der Waals surface area contributed by atoms with E-state index in [1.165, 1.54) is 7.11 Å². The van der Waals surface area contributed by atoms with Crippen LogP contribution < -0.4 is 10.1 Å². The molecule has 6 heteroatoms. The van der Waals surface area contributed by atoms with Crippen molar-refractivity contribution < 1.29 is 19.1 Å². The van der Waals surface area contributed by atoms with Crippen LogP contribution in [0.1, 0.15) is 24.8 Å². The van der Waals surface area contributed by atoms with Gasteiger partial charge >= 0.3 is 5.97 Å². The molecule has 1 aromatic carbocycles. The van der Waals surface area contributed by atoms with Crippen LogP contribution in [-0.2, 0) is 20.7 Å².